The highest BCUT2D eigenvalue weighted by Gasteiger charge is 2.39. The summed E-state index contributed by atoms with van der Waals surface area (Å²) in [6, 6.07) is 0. The molecule has 1 unspecified atom stereocenters. The molecule has 18 heteroatoms. The van der Waals surface area contributed by atoms with Crippen molar-refractivity contribution in [1.29, 1.82) is 0 Å². The zero-order chi connectivity index (χ0) is 36.5. The van der Waals surface area contributed by atoms with Crippen LogP contribution < -0.4 is 10.6 Å². The van der Waals surface area contributed by atoms with E-state index in [4.69, 9.17) is 37.9 Å². The quantitative estimate of drug-likeness (QED) is 0.0356. The van der Waals surface area contributed by atoms with Crippen LogP contribution in [0, 0.1) is 5.92 Å². The zero-order valence-electron chi connectivity index (χ0n) is 29.1. The van der Waals surface area contributed by atoms with E-state index in [1.54, 1.807) is 6.92 Å². The Morgan fingerprint density at radius 2 is 1.18 bits per heavy atom. The summed E-state index contributed by atoms with van der Waals surface area (Å²) < 4.78 is 42.4. The van der Waals surface area contributed by atoms with Gasteiger partial charge in [-0.25, -0.2) is 0 Å². The fraction of sp³-hybridized carbons (Fsp3) is 0.812. The number of imide groups is 1. The van der Waals surface area contributed by atoms with E-state index in [0.717, 1.165) is 17.5 Å². The van der Waals surface area contributed by atoms with Gasteiger partial charge in [-0.05, 0) is 0 Å². The first kappa shape index (κ1) is 45.5. The Kier molecular flexibility index (Phi) is 29.4. The Bertz CT molecular complexity index is 948. The molecule has 1 heterocycles. The summed E-state index contributed by atoms with van der Waals surface area (Å²) >= 11 is 1.27. The summed E-state index contributed by atoms with van der Waals surface area (Å²) in [6.45, 7) is 7.69. The monoisotopic (exact) mass is 737 g/mol. The molecule has 1 rings (SSSR count). The highest BCUT2D eigenvalue weighted by molar-refractivity contribution is 8.00. The van der Waals surface area contributed by atoms with Crippen molar-refractivity contribution in [1.82, 2.24) is 15.5 Å². The van der Waals surface area contributed by atoms with Gasteiger partial charge in [-0.3, -0.25) is 24.1 Å². The lowest BCUT2D eigenvalue weighted by molar-refractivity contribution is -0.138. The highest BCUT2D eigenvalue weighted by Crippen LogP contribution is 2.27. The van der Waals surface area contributed by atoms with Gasteiger partial charge in [0.1, 0.15) is 19.4 Å². The largest absolute Gasteiger partial charge is 0.379 e. The number of hydrogen-bond acceptors (Lipinski definition) is 15. The Balaban J connectivity index is 2.01. The van der Waals surface area contributed by atoms with Gasteiger partial charge in [0.15, 0.2) is 0 Å². The lowest BCUT2D eigenvalue weighted by Gasteiger charge is -2.16. The van der Waals surface area contributed by atoms with E-state index >= 15 is 0 Å². The Morgan fingerprint density at radius 1 is 0.720 bits per heavy atom. The van der Waals surface area contributed by atoms with Crippen LogP contribution in [0.15, 0.2) is 0 Å². The van der Waals surface area contributed by atoms with Crippen LogP contribution in [0.25, 0.3) is 0 Å². The number of aldehydes is 2. The van der Waals surface area contributed by atoms with Gasteiger partial charge in [-0.2, -0.15) is 0 Å². The molecule has 0 radical (unpaired) electrons. The van der Waals surface area contributed by atoms with Crippen LogP contribution in [0.4, 0.5) is 0 Å². The maximum absolute atomic E-state index is 12.8. The summed E-state index contributed by atoms with van der Waals surface area (Å²) in [6.07, 6.45) is 2.32. The first-order valence-corrected chi connectivity index (χ1v) is 17.9. The molecule has 1 saturated heterocycles. The predicted molar refractivity (Wildman–Crippen MR) is 180 cm³/mol. The number of nitrogens with zero attached hydrogens (tertiary/aromatic N) is 1. The molecule has 0 aliphatic carbocycles. The SMILES string of the molecule is C[C@@H](CSC1CC(=O)N(CCC(=O)NCCOCCOCCOCOCCC=O)C1=O)C(=O)NCCOCCOCCOCCOCCC=O. The van der Waals surface area contributed by atoms with Crippen LogP contribution in [0.2, 0.25) is 0 Å². The number of nitrogens with one attached hydrogen (secondary N) is 2. The van der Waals surface area contributed by atoms with Crippen molar-refractivity contribution >= 4 is 48.0 Å². The molecule has 1 aliphatic rings. The molecule has 2 N–H and O–H groups in total. The van der Waals surface area contributed by atoms with Crippen LogP contribution in [-0.4, -0.2) is 171 Å². The third-order valence-corrected chi connectivity index (χ3v) is 8.12. The van der Waals surface area contributed by atoms with Gasteiger partial charge in [0.2, 0.25) is 23.6 Å². The molecule has 17 nitrogen and oxygen atoms in total. The van der Waals surface area contributed by atoms with Gasteiger partial charge in [-0.1, -0.05) is 6.92 Å². The molecule has 4 amide bonds. The second-order valence-corrected chi connectivity index (χ2v) is 12.0. The number of carbonyl (C=O) groups is 6. The Morgan fingerprint density at radius 3 is 1.74 bits per heavy atom. The van der Waals surface area contributed by atoms with Crippen molar-refractivity contribution in [2.24, 2.45) is 5.92 Å². The van der Waals surface area contributed by atoms with Gasteiger partial charge in [-0.15, -0.1) is 11.8 Å². The van der Waals surface area contributed by atoms with E-state index in [0.29, 0.717) is 111 Å². The minimum atomic E-state index is -0.583. The Hall–Kier alpha value is -2.55. The van der Waals surface area contributed by atoms with Crippen LogP contribution >= 0.6 is 11.8 Å². The third kappa shape index (κ3) is 24.6. The van der Waals surface area contributed by atoms with E-state index in [1.807, 2.05) is 0 Å². The van der Waals surface area contributed by atoms with E-state index < -0.39 is 5.25 Å². The van der Waals surface area contributed by atoms with Crippen molar-refractivity contribution < 1.29 is 66.7 Å². The second-order valence-electron chi connectivity index (χ2n) is 10.7. The van der Waals surface area contributed by atoms with E-state index in [-0.39, 0.29) is 68.9 Å². The van der Waals surface area contributed by atoms with Gasteiger partial charge >= 0.3 is 0 Å². The number of amides is 4. The van der Waals surface area contributed by atoms with Gasteiger partial charge in [0.25, 0.3) is 0 Å². The lowest BCUT2D eigenvalue weighted by Crippen LogP contribution is -2.36. The predicted octanol–water partition coefficient (Wildman–Crippen LogP) is -0.626. The molecule has 1 fully saturated rings. The molecule has 0 saturated carbocycles. The van der Waals surface area contributed by atoms with Gasteiger partial charge in [0, 0.05) is 57.0 Å². The van der Waals surface area contributed by atoms with E-state index in [1.165, 1.54) is 11.8 Å². The molecule has 0 aromatic carbocycles. The van der Waals surface area contributed by atoms with Crippen molar-refractivity contribution in [3.8, 4) is 0 Å². The second kappa shape index (κ2) is 32.4. The molecular formula is C32H55N3O14S. The zero-order valence-corrected chi connectivity index (χ0v) is 30.0. The average molecular weight is 738 g/mol. The number of likely N-dealkylation sites (tertiary alicyclic amines) is 1. The first-order chi connectivity index (χ1) is 24.4. The fourth-order valence-corrected chi connectivity index (χ4v) is 5.18. The normalized spacial score (nSPS) is 15.0. The molecule has 288 valence electrons. The minimum absolute atomic E-state index is 0.00596. The van der Waals surface area contributed by atoms with Gasteiger partial charge < -0.3 is 58.1 Å². The van der Waals surface area contributed by atoms with Crippen molar-refractivity contribution in [2.75, 3.05) is 125 Å². The fourth-order valence-electron chi connectivity index (χ4n) is 3.98. The summed E-state index contributed by atoms with van der Waals surface area (Å²) in [5, 5.41) is 4.92. The van der Waals surface area contributed by atoms with Gasteiger partial charge in [0.05, 0.1) is 97.7 Å². The average Bonchev–Trinajstić information content (AvgIpc) is 3.38. The number of hydrogen-bond donors (Lipinski definition) is 2. The maximum Gasteiger partial charge on any atom is 0.242 e. The van der Waals surface area contributed by atoms with Crippen LogP contribution in [-0.2, 0) is 66.7 Å². The summed E-state index contributed by atoms with van der Waals surface area (Å²) in [7, 11) is 0. The lowest BCUT2D eigenvalue weighted by atomic mass is 10.2. The number of ether oxygens (including phenoxy) is 8. The molecule has 1 aliphatic heterocycles. The summed E-state index contributed by atoms with van der Waals surface area (Å²) in [4.78, 5) is 71.3. The summed E-state index contributed by atoms with van der Waals surface area (Å²) in [5.41, 5.74) is 0. The van der Waals surface area contributed by atoms with Crippen molar-refractivity contribution in [3.63, 3.8) is 0 Å². The van der Waals surface area contributed by atoms with E-state index in [2.05, 4.69) is 10.6 Å². The smallest absolute Gasteiger partial charge is 0.242 e. The number of rotatable bonds is 36. The van der Waals surface area contributed by atoms with Crippen molar-refractivity contribution in [2.45, 2.75) is 37.9 Å². The number of thioether (sulfide) groups is 1. The molecule has 50 heavy (non-hydrogen) atoms. The standard InChI is InChI=1S/C32H55N3O14S/c1-27(31(40)34-6-13-44-16-18-46-21-20-45-17-14-42-10-2-8-36)25-50-28-24-30(39)35(32(28)41)7-4-29(38)33-5-12-43-15-19-47-22-23-49-26-48-11-3-9-37/h8-9,27-28H,2-7,10-26H2,1H3,(H,33,38)(H,34,40)/t27-,28?/m0/s1. The summed E-state index contributed by atoms with van der Waals surface area (Å²) in [5.74, 6) is -1.17. The molecule has 0 aromatic rings. The van der Waals surface area contributed by atoms with E-state index in [9.17, 15) is 28.8 Å². The molecular weight excluding hydrogens is 682 g/mol. The molecule has 2 atom stereocenters. The first-order valence-electron chi connectivity index (χ1n) is 16.9. The topological polar surface area (TPSA) is 204 Å². The molecule has 0 aromatic heterocycles. The third-order valence-electron chi connectivity index (χ3n) is 6.66. The minimum Gasteiger partial charge on any atom is -0.379 e. The molecule has 0 spiro atoms. The Labute approximate surface area is 298 Å². The van der Waals surface area contributed by atoms with Crippen LogP contribution in [0.1, 0.15) is 32.6 Å². The van der Waals surface area contributed by atoms with Crippen LogP contribution in [0.5, 0.6) is 0 Å². The molecule has 0 bridgehead atoms. The highest BCUT2D eigenvalue weighted by atomic mass is 32.2. The van der Waals surface area contributed by atoms with Crippen LogP contribution in [0.3, 0.4) is 0 Å². The van der Waals surface area contributed by atoms with Crippen molar-refractivity contribution in [3.05, 3.63) is 0 Å². The number of carbonyl (C=O) groups excluding carboxylic acids is 6. The maximum atomic E-state index is 12.8.